The number of tetrazole rings is 1. The van der Waals surface area contributed by atoms with Crippen LogP contribution in [0.2, 0.25) is 0 Å². The number of amides is 1. The maximum Gasteiger partial charge on any atom is 0.228 e. The Labute approximate surface area is 195 Å². The molecule has 2 aromatic heterocycles. The van der Waals surface area contributed by atoms with E-state index in [4.69, 9.17) is 11.3 Å². The molecule has 3 aromatic rings. The smallest absolute Gasteiger partial charge is 0.228 e. The molecule has 5 rings (SSSR count). The molecule has 4 heterocycles. The van der Waals surface area contributed by atoms with Gasteiger partial charge in [-0.1, -0.05) is 12.1 Å². The highest BCUT2D eigenvalue weighted by Gasteiger charge is 2.36. The molecule has 0 unspecified atom stereocenters. The van der Waals surface area contributed by atoms with E-state index in [-0.39, 0.29) is 30.2 Å². The molecule has 2 aliphatic rings. The quantitative estimate of drug-likeness (QED) is 0.547. The third-order valence-electron chi connectivity index (χ3n) is 6.44. The standard InChI is InChI=1S/C23H23FN8O2/c1-15-18(6-7-19(24)23(15)25-2)20-12-30-8-9-31(11-17(30)13-34-20)22(33)10-16-4-3-5-21(27-16)32-14-26-28-29-32/h3-7,14,17,20H,8-13H2,1H3/t17-,20-/m0/s1. The number of rotatable bonds is 4. The van der Waals surface area contributed by atoms with Gasteiger partial charge in [-0.05, 0) is 46.7 Å². The molecule has 2 atom stereocenters. The van der Waals surface area contributed by atoms with Gasteiger partial charge < -0.3 is 9.64 Å². The second-order valence-corrected chi connectivity index (χ2v) is 8.45. The van der Waals surface area contributed by atoms with E-state index in [1.54, 1.807) is 19.1 Å². The first-order valence-electron chi connectivity index (χ1n) is 11.0. The zero-order valence-corrected chi connectivity index (χ0v) is 18.6. The molecular weight excluding hydrogens is 439 g/mol. The molecule has 0 radical (unpaired) electrons. The summed E-state index contributed by atoms with van der Waals surface area (Å²) in [6.07, 6.45) is 1.43. The van der Waals surface area contributed by atoms with E-state index < -0.39 is 5.82 Å². The van der Waals surface area contributed by atoms with Crippen molar-refractivity contribution in [2.75, 3.05) is 32.8 Å². The number of hydrogen-bond donors (Lipinski definition) is 0. The van der Waals surface area contributed by atoms with Crippen LogP contribution in [0.1, 0.15) is 22.9 Å². The van der Waals surface area contributed by atoms with E-state index in [1.165, 1.54) is 17.1 Å². The van der Waals surface area contributed by atoms with Crippen LogP contribution in [0.5, 0.6) is 0 Å². The topological polar surface area (TPSA) is 93.6 Å². The molecule has 2 fully saturated rings. The average Bonchev–Trinajstić information content (AvgIpc) is 3.39. The molecule has 2 saturated heterocycles. The molecule has 0 spiro atoms. The van der Waals surface area contributed by atoms with Crippen LogP contribution in [-0.2, 0) is 16.0 Å². The van der Waals surface area contributed by atoms with Crippen molar-refractivity contribution in [2.45, 2.75) is 25.5 Å². The lowest BCUT2D eigenvalue weighted by atomic mass is 9.98. The van der Waals surface area contributed by atoms with Gasteiger partial charge in [0.25, 0.3) is 0 Å². The Hall–Kier alpha value is -3.75. The van der Waals surface area contributed by atoms with Crippen LogP contribution in [0.25, 0.3) is 10.7 Å². The summed E-state index contributed by atoms with van der Waals surface area (Å²) < 4.78 is 21.5. The Morgan fingerprint density at radius 1 is 1.26 bits per heavy atom. The van der Waals surface area contributed by atoms with Gasteiger partial charge in [0.05, 0.1) is 37.4 Å². The Balaban J connectivity index is 1.22. The van der Waals surface area contributed by atoms with Crippen LogP contribution in [0.3, 0.4) is 0 Å². The lowest BCUT2D eigenvalue weighted by Crippen LogP contribution is -2.59. The molecule has 0 aliphatic carbocycles. The van der Waals surface area contributed by atoms with E-state index in [0.29, 0.717) is 43.3 Å². The molecule has 174 valence electrons. The van der Waals surface area contributed by atoms with Crippen molar-refractivity contribution in [2.24, 2.45) is 0 Å². The van der Waals surface area contributed by atoms with Gasteiger partial charge in [-0.25, -0.2) is 14.2 Å². The summed E-state index contributed by atoms with van der Waals surface area (Å²) in [6.45, 7) is 12.0. The number of hydrogen-bond acceptors (Lipinski definition) is 7. The lowest BCUT2D eigenvalue weighted by molar-refractivity contribution is -0.139. The van der Waals surface area contributed by atoms with Crippen LogP contribution in [0.15, 0.2) is 36.7 Å². The summed E-state index contributed by atoms with van der Waals surface area (Å²) in [5.41, 5.74) is 2.18. The monoisotopic (exact) mass is 462 g/mol. The summed E-state index contributed by atoms with van der Waals surface area (Å²) in [4.78, 5) is 25.0. The van der Waals surface area contributed by atoms with Crippen LogP contribution in [-0.4, -0.2) is 79.7 Å². The van der Waals surface area contributed by atoms with Gasteiger partial charge in [0.15, 0.2) is 5.82 Å². The first kappa shape index (κ1) is 22.1. The van der Waals surface area contributed by atoms with Crippen LogP contribution in [0.4, 0.5) is 10.1 Å². The Kier molecular flexibility index (Phi) is 6.00. The minimum atomic E-state index is -0.505. The zero-order valence-electron chi connectivity index (χ0n) is 18.6. The predicted octanol–water partition coefficient (Wildman–Crippen LogP) is 1.88. The van der Waals surface area contributed by atoms with Crippen LogP contribution >= 0.6 is 0 Å². The molecule has 0 saturated carbocycles. The van der Waals surface area contributed by atoms with Gasteiger partial charge in [0.1, 0.15) is 12.1 Å². The van der Waals surface area contributed by atoms with Crippen molar-refractivity contribution < 1.29 is 13.9 Å². The zero-order chi connectivity index (χ0) is 23.7. The fourth-order valence-electron chi connectivity index (χ4n) is 4.59. The third-order valence-corrected chi connectivity index (χ3v) is 6.44. The van der Waals surface area contributed by atoms with Crippen molar-refractivity contribution in [3.05, 3.63) is 70.7 Å². The number of halogens is 1. The number of piperazine rings is 1. The fourth-order valence-corrected chi connectivity index (χ4v) is 4.59. The van der Waals surface area contributed by atoms with E-state index >= 15 is 0 Å². The number of aromatic nitrogens is 5. The average molecular weight is 462 g/mol. The third kappa shape index (κ3) is 4.25. The van der Waals surface area contributed by atoms with Gasteiger partial charge in [-0.3, -0.25) is 9.69 Å². The fraction of sp³-hybridized carbons (Fsp3) is 0.391. The summed E-state index contributed by atoms with van der Waals surface area (Å²) >= 11 is 0. The Morgan fingerprint density at radius 2 is 2.15 bits per heavy atom. The van der Waals surface area contributed by atoms with E-state index in [1.807, 2.05) is 17.0 Å². The minimum Gasteiger partial charge on any atom is -0.371 e. The number of benzene rings is 1. The maximum atomic E-state index is 13.9. The summed E-state index contributed by atoms with van der Waals surface area (Å²) in [6, 6.07) is 8.57. The molecular formula is C23H23FN8O2. The number of carbonyl (C=O) groups excluding carboxylic acids is 1. The summed E-state index contributed by atoms with van der Waals surface area (Å²) in [7, 11) is 0. The number of pyridine rings is 1. The van der Waals surface area contributed by atoms with E-state index in [9.17, 15) is 9.18 Å². The molecule has 0 N–H and O–H groups in total. The molecule has 10 nitrogen and oxygen atoms in total. The van der Waals surface area contributed by atoms with Crippen molar-refractivity contribution >= 4 is 11.6 Å². The number of fused-ring (bicyclic) bond motifs is 1. The highest BCUT2D eigenvalue weighted by atomic mass is 19.1. The minimum absolute atomic E-state index is 0.0132. The number of nitrogens with zero attached hydrogens (tertiary/aromatic N) is 8. The SMILES string of the molecule is [C-]#[N+]c1c(F)ccc([C@@H]2CN3CCN(C(=O)Cc4cccc(-n5cnnn5)n4)C[C@H]3CO2)c1C. The highest BCUT2D eigenvalue weighted by Crippen LogP contribution is 2.34. The maximum absolute atomic E-state index is 13.9. The molecule has 0 bridgehead atoms. The second kappa shape index (κ2) is 9.24. The largest absolute Gasteiger partial charge is 0.371 e. The van der Waals surface area contributed by atoms with Gasteiger partial charge in [-0.2, -0.15) is 4.68 Å². The highest BCUT2D eigenvalue weighted by molar-refractivity contribution is 5.78. The van der Waals surface area contributed by atoms with Crippen molar-refractivity contribution in [3.63, 3.8) is 0 Å². The molecule has 1 aromatic carbocycles. The molecule has 34 heavy (non-hydrogen) atoms. The van der Waals surface area contributed by atoms with E-state index in [2.05, 4.69) is 30.3 Å². The summed E-state index contributed by atoms with van der Waals surface area (Å²) in [5.74, 6) is 0.0681. The first-order chi connectivity index (χ1) is 16.5. The van der Waals surface area contributed by atoms with E-state index in [0.717, 1.165) is 12.1 Å². The predicted molar refractivity (Wildman–Crippen MR) is 119 cm³/mol. The van der Waals surface area contributed by atoms with Crippen molar-refractivity contribution in [1.29, 1.82) is 0 Å². The second-order valence-electron chi connectivity index (χ2n) is 8.45. The van der Waals surface area contributed by atoms with Gasteiger partial charge in [0.2, 0.25) is 11.6 Å². The first-order valence-corrected chi connectivity index (χ1v) is 11.0. The van der Waals surface area contributed by atoms with Gasteiger partial charge in [0, 0.05) is 26.2 Å². The molecule has 2 aliphatic heterocycles. The normalized spacial score (nSPS) is 20.6. The number of morpholine rings is 1. The van der Waals surface area contributed by atoms with Gasteiger partial charge >= 0.3 is 0 Å². The number of carbonyl (C=O) groups is 1. The Morgan fingerprint density at radius 3 is 2.94 bits per heavy atom. The van der Waals surface area contributed by atoms with Crippen LogP contribution in [0, 0.1) is 19.3 Å². The number of ether oxygens (including phenoxy) is 1. The molecule has 1 amide bonds. The van der Waals surface area contributed by atoms with Crippen LogP contribution < -0.4 is 0 Å². The Bertz CT molecular complexity index is 1240. The van der Waals surface area contributed by atoms with Crippen molar-refractivity contribution in [3.8, 4) is 5.82 Å². The molecule has 11 heteroatoms. The van der Waals surface area contributed by atoms with Gasteiger partial charge in [-0.15, -0.1) is 5.10 Å². The summed E-state index contributed by atoms with van der Waals surface area (Å²) in [5, 5.41) is 11.1. The lowest BCUT2D eigenvalue weighted by Gasteiger charge is -2.46. The van der Waals surface area contributed by atoms with Crippen molar-refractivity contribution in [1.82, 2.24) is 35.0 Å².